The molecule has 0 bridgehead atoms. The number of alkyl halides is 1. The van der Waals surface area contributed by atoms with Gasteiger partial charge in [0, 0.05) is 6.54 Å². The lowest BCUT2D eigenvalue weighted by atomic mass is 10.4. The summed E-state index contributed by atoms with van der Waals surface area (Å²) < 4.78 is 11.4. The van der Waals surface area contributed by atoms with E-state index >= 15 is 0 Å². The van der Waals surface area contributed by atoms with Crippen LogP contribution < -0.4 is 5.32 Å². The lowest BCUT2D eigenvalue weighted by Crippen LogP contribution is -2.23. The van der Waals surface area contributed by atoms with Gasteiger partial charge in [-0.05, 0) is 12.5 Å². The van der Waals surface area contributed by atoms with Crippen molar-refractivity contribution in [3.63, 3.8) is 0 Å². The number of hydrogen-bond donors (Lipinski definition) is 1. The first-order valence-corrected chi connectivity index (χ1v) is 3.31. The number of amides is 1. The van der Waals surface area contributed by atoms with Crippen LogP contribution in [0.5, 0.6) is 0 Å². The number of halogens is 1. The van der Waals surface area contributed by atoms with Gasteiger partial charge >= 0.3 is 0 Å². The highest BCUT2D eigenvalue weighted by Crippen LogP contribution is 1.78. The Morgan fingerprint density at radius 1 is 1.70 bits per heavy atom. The van der Waals surface area contributed by atoms with Crippen molar-refractivity contribution in [2.45, 2.75) is 13.3 Å². The van der Waals surface area contributed by atoms with Crippen LogP contribution in [0.1, 0.15) is 13.3 Å². The Labute approximate surface area is 60.1 Å². The van der Waals surface area contributed by atoms with Gasteiger partial charge in [-0.1, -0.05) is 13.0 Å². The highest BCUT2D eigenvalue weighted by molar-refractivity contribution is 5.87. The Morgan fingerprint density at radius 3 is 2.90 bits per heavy atom. The molecule has 0 radical (unpaired) electrons. The van der Waals surface area contributed by atoms with Gasteiger partial charge in [0.05, 0.1) is 0 Å². The Kier molecular flexibility index (Phi) is 5.72. The van der Waals surface area contributed by atoms with Gasteiger partial charge in [-0.15, -0.1) is 0 Å². The summed E-state index contributed by atoms with van der Waals surface area (Å²) in [6, 6.07) is 0. The van der Waals surface area contributed by atoms with Crippen LogP contribution >= 0.6 is 0 Å². The molecular weight excluding hydrogens is 133 g/mol. The molecule has 0 unspecified atom stereocenters. The van der Waals surface area contributed by atoms with Crippen molar-refractivity contribution in [2.75, 3.05) is 13.2 Å². The van der Waals surface area contributed by atoms with Gasteiger partial charge in [-0.25, -0.2) is 4.39 Å². The number of allylic oxidation sites excluding steroid dienone is 1. The molecule has 0 aromatic heterocycles. The van der Waals surface area contributed by atoms with Crippen LogP contribution in [0.15, 0.2) is 12.2 Å². The van der Waals surface area contributed by atoms with Crippen molar-refractivity contribution >= 4 is 5.91 Å². The van der Waals surface area contributed by atoms with Gasteiger partial charge in [0.25, 0.3) is 0 Å². The number of rotatable bonds is 4. The van der Waals surface area contributed by atoms with Gasteiger partial charge in [0.1, 0.15) is 6.67 Å². The normalized spacial score (nSPS) is 10.2. The average molecular weight is 145 g/mol. The molecule has 0 aliphatic rings. The molecule has 0 aromatic carbocycles. The summed E-state index contributed by atoms with van der Waals surface area (Å²) in [6.07, 6.45) is 3.96. The van der Waals surface area contributed by atoms with Crippen molar-refractivity contribution in [3.05, 3.63) is 12.2 Å². The van der Waals surface area contributed by atoms with Crippen molar-refractivity contribution < 1.29 is 9.18 Å². The fourth-order valence-electron chi connectivity index (χ4n) is 0.454. The summed E-state index contributed by atoms with van der Waals surface area (Å²) in [5, 5.41) is 2.37. The van der Waals surface area contributed by atoms with E-state index in [9.17, 15) is 9.18 Å². The average Bonchev–Trinajstić information content (AvgIpc) is 1.97. The Morgan fingerprint density at radius 2 is 2.40 bits per heavy atom. The summed E-state index contributed by atoms with van der Waals surface area (Å²) >= 11 is 0. The molecule has 0 spiro atoms. The SMILES string of the molecule is CC/C=C/C(=O)NCCF. The van der Waals surface area contributed by atoms with E-state index in [1.807, 2.05) is 6.92 Å². The van der Waals surface area contributed by atoms with Gasteiger partial charge in [-0.3, -0.25) is 4.79 Å². The van der Waals surface area contributed by atoms with Crippen LogP contribution in [0.25, 0.3) is 0 Å². The smallest absolute Gasteiger partial charge is 0.243 e. The van der Waals surface area contributed by atoms with E-state index in [4.69, 9.17) is 0 Å². The minimum absolute atomic E-state index is 0.104. The summed E-state index contributed by atoms with van der Waals surface area (Å²) in [4.78, 5) is 10.6. The standard InChI is InChI=1S/C7H12FNO/c1-2-3-4-7(10)9-6-5-8/h3-4H,2,5-6H2,1H3,(H,9,10)/b4-3+. The predicted octanol–water partition coefficient (Wildman–Crippen LogP) is 1.04. The third-order valence-corrected chi connectivity index (χ3v) is 0.899. The van der Waals surface area contributed by atoms with E-state index in [2.05, 4.69) is 5.32 Å². The Bertz CT molecular complexity index is 123. The first kappa shape index (κ1) is 9.14. The number of hydrogen-bond acceptors (Lipinski definition) is 1. The van der Waals surface area contributed by atoms with Gasteiger partial charge in [-0.2, -0.15) is 0 Å². The lowest BCUT2D eigenvalue weighted by Gasteiger charge is -1.94. The van der Waals surface area contributed by atoms with E-state index in [1.165, 1.54) is 6.08 Å². The molecule has 58 valence electrons. The second-order valence-electron chi connectivity index (χ2n) is 1.79. The maximum atomic E-state index is 11.4. The number of carbonyl (C=O) groups is 1. The van der Waals surface area contributed by atoms with E-state index < -0.39 is 6.67 Å². The molecule has 0 rings (SSSR count). The second kappa shape index (κ2) is 6.26. The molecule has 0 saturated heterocycles. The van der Waals surface area contributed by atoms with Gasteiger partial charge in [0.2, 0.25) is 5.91 Å². The molecule has 1 N–H and O–H groups in total. The van der Waals surface area contributed by atoms with Crippen molar-refractivity contribution in [1.82, 2.24) is 5.32 Å². The highest BCUT2D eigenvalue weighted by Gasteiger charge is 1.90. The minimum Gasteiger partial charge on any atom is -0.350 e. The predicted molar refractivity (Wildman–Crippen MR) is 38.4 cm³/mol. The molecule has 0 heterocycles. The molecule has 0 aromatic rings. The first-order valence-electron chi connectivity index (χ1n) is 3.31. The van der Waals surface area contributed by atoms with E-state index in [0.717, 1.165) is 6.42 Å². The number of nitrogens with one attached hydrogen (secondary N) is 1. The van der Waals surface area contributed by atoms with Crippen LogP contribution in [-0.4, -0.2) is 19.1 Å². The zero-order chi connectivity index (χ0) is 7.82. The number of carbonyl (C=O) groups excluding carboxylic acids is 1. The summed E-state index contributed by atoms with van der Waals surface area (Å²) in [6.45, 7) is 1.53. The minimum atomic E-state index is -0.508. The maximum Gasteiger partial charge on any atom is 0.243 e. The van der Waals surface area contributed by atoms with Crippen LogP contribution in [0.4, 0.5) is 4.39 Å². The molecule has 2 nitrogen and oxygen atoms in total. The molecule has 3 heteroatoms. The Balaban J connectivity index is 3.34. The molecule has 0 fully saturated rings. The van der Waals surface area contributed by atoms with E-state index in [0.29, 0.717) is 0 Å². The zero-order valence-corrected chi connectivity index (χ0v) is 6.06. The molecule has 0 aliphatic carbocycles. The van der Waals surface area contributed by atoms with Crippen molar-refractivity contribution in [3.8, 4) is 0 Å². The topological polar surface area (TPSA) is 29.1 Å². The fourth-order valence-corrected chi connectivity index (χ4v) is 0.454. The molecule has 10 heavy (non-hydrogen) atoms. The van der Waals surface area contributed by atoms with Crippen molar-refractivity contribution in [2.24, 2.45) is 0 Å². The quantitative estimate of drug-likeness (QED) is 0.588. The lowest BCUT2D eigenvalue weighted by molar-refractivity contribution is -0.116. The van der Waals surface area contributed by atoms with E-state index in [-0.39, 0.29) is 12.5 Å². The largest absolute Gasteiger partial charge is 0.350 e. The molecule has 1 amide bonds. The van der Waals surface area contributed by atoms with Crippen LogP contribution in [0.2, 0.25) is 0 Å². The summed E-state index contributed by atoms with van der Waals surface area (Å²) in [5.41, 5.74) is 0. The Hall–Kier alpha value is -0.860. The van der Waals surface area contributed by atoms with Gasteiger partial charge in [0.15, 0.2) is 0 Å². The monoisotopic (exact) mass is 145 g/mol. The molecular formula is C7H12FNO. The molecule has 0 saturated carbocycles. The van der Waals surface area contributed by atoms with E-state index in [1.54, 1.807) is 6.08 Å². The fraction of sp³-hybridized carbons (Fsp3) is 0.571. The zero-order valence-electron chi connectivity index (χ0n) is 6.06. The summed E-state index contributed by atoms with van der Waals surface area (Å²) in [7, 11) is 0. The van der Waals surface area contributed by atoms with Crippen molar-refractivity contribution in [1.29, 1.82) is 0 Å². The van der Waals surface area contributed by atoms with Crippen LogP contribution in [0.3, 0.4) is 0 Å². The molecule has 0 aliphatic heterocycles. The molecule has 0 atom stereocenters. The van der Waals surface area contributed by atoms with Gasteiger partial charge < -0.3 is 5.32 Å². The van der Waals surface area contributed by atoms with Crippen LogP contribution in [-0.2, 0) is 4.79 Å². The first-order chi connectivity index (χ1) is 4.81. The second-order valence-corrected chi connectivity index (χ2v) is 1.79. The third-order valence-electron chi connectivity index (χ3n) is 0.899. The highest BCUT2D eigenvalue weighted by atomic mass is 19.1. The van der Waals surface area contributed by atoms with Crippen LogP contribution in [0, 0.1) is 0 Å². The third kappa shape index (κ3) is 5.28. The summed E-state index contributed by atoms with van der Waals surface area (Å²) in [5.74, 6) is -0.223. The maximum absolute atomic E-state index is 11.4.